The van der Waals surface area contributed by atoms with Crippen molar-refractivity contribution in [1.29, 1.82) is 0 Å². The van der Waals surface area contributed by atoms with Crippen LogP contribution in [-0.4, -0.2) is 36.4 Å². The molecule has 4 rings (SSSR count). The first-order valence-corrected chi connectivity index (χ1v) is 10.6. The van der Waals surface area contributed by atoms with Crippen molar-refractivity contribution < 1.29 is 24.2 Å². The Kier molecular flexibility index (Phi) is 6.82. The Balaban J connectivity index is 1.34. The zero-order valence-electron chi connectivity index (χ0n) is 17.6. The summed E-state index contributed by atoms with van der Waals surface area (Å²) < 4.78 is 11.1. The van der Waals surface area contributed by atoms with E-state index in [9.17, 15) is 14.7 Å². The van der Waals surface area contributed by atoms with Crippen LogP contribution in [0.2, 0.25) is 0 Å². The minimum atomic E-state index is -1.02. The van der Waals surface area contributed by atoms with Gasteiger partial charge in [0, 0.05) is 5.92 Å². The van der Waals surface area contributed by atoms with Crippen molar-refractivity contribution in [3.05, 3.63) is 95.6 Å². The lowest BCUT2D eigenvalue weighted by molar-refractivity contribution is -0.137. The Morgan fingerprint density at radius 2 is 1.47 bits per heavy atom. The lowest BCUT2D eigenvalue weighted by Crippen LogP contribution is -2.40. The van der Waals surface area contributed by atoms with E-state index < -0.39 is 18.1 Å². The fraction of sp³-hybridized carbons (Fsp3) is 0.231. The largest absolute Gasteiger partial charge is 0.481 e. The maximum atomic E-state index is 12.5. The highest BCUT2D eigenvalue weighted by Crippen LogP contribution is 2.44. The molecule has 1 atom stereocenters. The van der Waals surface area contributed by atoms with E-state index in [1.165, 1.54) is 0 Å². The molecule has 1 aliphatic rings. The lowest BCUT2D eigenvalue weighted by atomic mass is 9.98. The van der Waals surface area contributed by atoms with E-state index in [1.807, 2.05) is 66.7 Å². The first-order chi connectivity index (χ1) is 15.6. The van der Waals surface area contributed by atoms with Crippen molar-refractivity contribution in [3.8, 4) is 11.1 Å². The van der Waals surface area contributed by atoms with E-state index in [1.54, 1.807) is 0 Å². The topological polar surface area (TPSA) is 84.9 Å². The van der Waals surface area contributed by atoms with Gasteiger partial charge in [-0.15, -0.1) is 0 Å². The smallest absolute Gasteiger partial charge is 0.407 e. The quantitative estimate of drug-likeness (QED) is 0.518. The molecule has 0 heterocycles. The molecule has 0 unspecified atom stereocenters. The van der Waals surface area contributed by atoms with Crippen LogP contribution in [0.3, 0.4) is 0 Å². The molecule has 0 saturated heterocycles. The molecule has 2 N–H and O–H groups in total. The molecular formula is C26H25NO5. The van der Waals surface area contributed by atoms with Crippen LogP contribution in [0.4, 0.5) is 4.79 Å². The minimum absolute atomic E-state index is 0.0552. The molecule has 1 aliphatic carbocycles. The summed E-state index contributed by atoms with van der Waals surface area (Å²) in [5, 5.41) is 11.8. The number of carboxylic acids is 1. The number of hydrogen-bond acceptors (Lipinski definition) is 4. The van der Waals surface area contributed by atoms with Crippen LogP contribution in [0.5, 0.6) is 0 Å². The highest BCUT2D eigenvalue weighted by Gasteiger charge is 2.29. The van der Waals surface area contributed by atoms with E-state index >= 15 is 0 Å². The van der Waals surface area contributed by atoms with Gasteiger partial charge in [-0.1, -0.05) is 78.9 Å². The molecule has 0 radical (unpaired) electrons. The Hall–Kier alpha value is -3.64. The Morgan fingerprint density at radius 3 is 2.09 bits per heavy atom. The van der Waals surface area contributed by atoms with E-state index in [2.05, 4.69) is 17.4 Å². The van der Waals surface area contributed by atoms with Crippen LogP contribution in [0.25, 0.3) is 11.1 Å². The highest BCUT2D eigenvalue weighted by atomic mass is 16.5. The van der Waals surface area contributed by atoms with Crippen molar-refractivity contribution in [2.75, 3.05) is 13.2 Å². The van der Waals surface area contributed by atoms with Gasteiger partial charge in [0.1, 0.15) is 6.61 Å². The molecule has 0 spiro atoms. The minimum Gasteiger partial charge on any atom is -0.481 e. The SMILES string of the molecule is O=C(O)C[C@H](COCc1ccccc1)NC(=O)OCC1c2ccccc2-c2ccccc21. The number of rotatable bonds is 9. The number of benzene rings is 3. The second kappa shape index (κ2) is 10.1. The number of carbonyl (C=O) groups excluding carboxylic acids is 1. The molecule has 1 amide bonds. The zero-order valence-corrected chi connectivity index (χ0v) is 17.6. The fourth-order valence-electron chi connectivity index (χ4n) is 4.06. The Morgan fingerprint density at radius 1 is 0.875 bits per heavy atom. The molecule has 6 heteroatoms. The molecule has 0 bridgehead atoms. The molecule has 32 heavy (non-hydrogen) atoms. The third-order valence-corrected chi connectivity index (χ3v) is 5.52. The van der Waals surface area contributed by atoms with E-state index in [4.69, 9.17) is 9.47 Å². The van der Waals surface area contributed by atoms with Crippen molar-refractivity contribution in [1.82, 2.24) is 5.32 Å². The average Bonchev–Trinajstić information content (AvgIpc) is 3.12. The fourth-order valence-corrected chi connectivity index (χ4v) is 4.06. The van der Waals surface area contributed by atoms with Gasteiger partial charge >= 0.3 is 12.1 Å². The number of carbonyl (C=O) groups is 2. The molecular weight excluding hydrogens is 406 g/mol. The van der Waals surface area contributed by atoms with Gasteiger partial charge in [0.2, 0.25) is 0 Å². The first-order valence-electron chi connectivity index (χ1n) is 10.6. The summed E-state index contributed by atoms with van der Waals surface area (Å²) in [7, 11) is 0. The summed E-state index contributed by atoms with van der Waals surface area (Å²) >= 11 is 0. The maximum Gasteiger partial charge on any atom is 0.407 e. The van der Waals surface area contributed by atoms with Crippen molar-refractivity contribution in [3.63, 3.8) is 0 Å². The van der Waals surface area contributed by atoms with Gasteiger partial charge in [0.25, 0.3) is 0 Å². The maximum absolute atomic E-state index is 12.5. The standard InChI is InChI=1S/C26H25NO5/c28-25(29)14-19(16-31-15-18-8-2-1-3-9-18)27-26(30)32-17-24-22-12-6-4-10-20(22)21-11-5-7-13-23(21)24/h1-13,19,24H,14-17H2,(H,27,30)(H,28,29)/t19-/m1/s1. The number of alkyl carbamates (subject to hydrolysis) is 1. The average molecular weight is 431 g/mol. The van der Waals surface area contributed by atoms with Gasteiger partial charge in [-0.25, -0.2) is 4.79 Å². The summed E-state index contributed by atoms with van der Waals surface area (Å²) in [5.74, 6) is -1.07. The zero-order chi connectivity index (χ0) is 22.3. The Bertz CT molecular complexity index is 1040. The summed E-state index contributed by atoms with van der Waals surface area (Å²) in [6.45, 7) is 0.583. The van der Waals surface area contributed by atoms with Crippen LogP contribution >= 0.6 is 0 Å². The van der Waals surface area contributed by atoms with E-state index in [0.717, 1.165) is 27.8 Å². The molecule has 3 aromatic rings. The molecule has 164 valence electrons. The van der Waals surface area contributed by atoms with Crippen molar-refractivity contribution >= 4 is 12.1 Å². The summed E-state index contributed by atoms with van der Waals surface area (Å²) in [6, 6.07) is 25.1. The van der Waals surface area contributed by atoms with Gasteiger partial charge in [0.05, 0.1) is 25.7 Å². The predicted molar refractivity (Wildman–Crippen MR) is 120 cm³/mol. The van der Waals surface area contributed by atoms with E-state index in [-0.39, 0.29) is 25.6 Å². The van der Waals surface area contributed by atoms with Crippen LogP contribution in [-0.2, 0) is 20.9 Å². The number of fused-ring (bicyclic) bond motifs is 3. The molecule has 3 aromatic carbocycles. The van der Waals surface area contributed by atoms with E-state index in [0.29, 0.717) is 6.61 Å². The summed E-state index contributed by atoms with van der Waals surface area (Å²) in [5.41, 5.74) is 5.51. The van der Waals surface area contributed by atoms with Gasteiger partial charge in [0.15, 0.2) is 0 Å². The number of aliphatic carboxylic acids is 1. The molecule has 0 saturated carbocycles. The third-order valence-electron chi connectivity index (χ3n) is 5.52. The van der Waals surface area contributed by atoms with Crippen molar-refractivity contribution in [2.45, 2.75) is 25.0 Å². The monoisotopic (exact) mass is 431 g/mol. The number of ether oxygens (including phenoxy) is 2. The molecule has 0 fully saturated rings. The first kappa shape index (κ1) is 21.6. The number of nitrogens with one attached hydrogen (secondary N) is 1. The number of hydrogen-bond donors (Lipinski definition) is 2. The van der Waals surface area contributed by atoms with Crippen molar-refractivity contribution in [2.24, 2.45) is 0 Å². The molecule has 0 aliphatic heterocycles. The summed E-state index contributed by atoms with van der Waals surface area (Å²) in [4.78, 5) is 23.7. The second-order valence-corrected chi connectivity index (χ2v) is 7.77. The highest BCUT2D eigenvalue weighted by molar-refractivity contribution is 5.79. The predicted octanol–water partition coefficient (Wildman–Crippen LogP) is 4.59. The number of carboxylic acid groups (broad SMARTS) is 1. The summed E-state index contributed by atoms with van der Waals surface area (Å²) in [6.07, 6.45) is -0.902. The van der Waals surface area contributed by atoms with Gasteiger partial charge in [-0.05, 0) is 27.8 Å². The third kappa shape index (κ3) is 5.15. The van der Waals surface area contributed by atoms with Gasteiger partial charge < -0.3 is 19.9 Å². The van der Waals surface area contributed by atoms with Crippen LogP contribution in [0.15, 0.2) is 78.9 Å². The number of amides is 1. The molecule has 6 nitrogen and oxygen atoms in total. The lowest BCUT2D eigenvalue weighted by Gasteiger charge is -2.19. The van der Waals surface area contributed by atoms with Gasteiger partial charge in [-0.2, -0.15) is 0 Å². The van der Waals surface area contributed by atoms with Crippen LogP contribution in [0.1, 0.15) is 29.0 Å². The van der Waals surface area contributed by atoms with Gasteiger partial charge in [-0.3, -0.25) is 4.79 Å². The Labute approximate surface area is 186 Å². The van der Waals surface area contributed by atoms with Crippen LogP contribution < -0.4 is 5.32 Å². The molecule has 0 aromatic heterocycles. The second-order valence-electron chi connectivity index (χ2n) is 7.77. The normalized spacial score (nSPS) is 13.1. The van der Waals surface area contributed by atoms with Crippen LogP contribution in [0, 0.1) is 0 Å².